The summed E-state index contributed by atoms with van der Waals surface area (Å²) >= 11 is 0. The molecule has 0 amide bonds. The summed E-state index contributed by atoms with van der Waals surface area (Å²) in [6.07, 6.45) is 3.48. The van der Waals surface area contributed by atoms with Crippen LogP contribution in [-0.2, 0) is 27.2 Å². The lowest BCUT2D eigenvalue weighted by Crippen LogP contribution is -2.12. The summed E-state index contributed by atoms with van der Waals surface area (Å²) in [5, 5.41) is 2.41. The highest BCUT2D eigenvalue weighted by Crippen LogP contribution is 2.20. The van der Waals surface area contributed by atoms with Gasteiger partial charge < -0.3 is 4.74 Å². The number of carbonyl (C=O) groups is 2. The molecule has 0 aliphatic carbocycles. The maximum atomic E-state index is 11.9. The third-order valence-electron chi connectivity index (χ3n) is 4.62. The van der Waals surface area contributed by atoms with Gasteiger partial charge in [-0.05, 0) is 47.6 Å². The summed E-state index contributed by atoms with van der Waals surface area (Å²) in [6.45, 7) is 0. The van der Waals surface area contributed by atoms with Gasteiger partial charge in [-0.25, -0.2) is 0 Å². The summed E-state index contributed by atoms with van der Waals surface area (Å²) in [6, 6.07) is 24.4. The van der Waals surface area contributed by atoms with Gasteiger partial charge >= 0.3 is 11.9 Å². The van der Waals surface area contributed by atoms with Crippen LogP contribution in [0.5, 0.6) is 0 Å². The molecule has 27 heavy (non-hydrogen) atoms. The minimum atomic E-state index is -0.431. The molecule has 138 valence electrons. The first-order valence-corrected chi connectivity index (χ1v) is 9.46. The summed E-state index contributed by atoms with van der Waals surface area (Å²) in [4.78, 5) is 23.7. The highest BCUT2D eigenvalue weighted by atomic mass is 16.6. The van der Waals surface area contributed by atoms with Crippen LogP contribution in [0.4, 0.5) is 0 Å². The minimum absolute atomic E-state index is 0.258. The van der Waals surface area contributed by atoms with Crippen molar-refractivity contribution in [3.05, 3.63) is 83.9 Å². The fourth-order valence-corrected chi connectivity index (χ4v) is 3.24. The average Bonchev–Trinajstić information content (AvgIpc) is 2.69. The third-order valence-corrected chi connectivity index (χ3v) is 4.62. The minimum Gasteiger partial charge on any atom is -0.393 e. The van der Waals surface area contributed by atoms with E-state index in [4.69, 9.17) is 4.74 Å². The predicted octanol–water partition coefficient (Wildman–Crippen LogP) is 5.26. The normalized spacial score (nSPS) is 10.7. The van der Waals surface area contributed by atoms with E-state index < -0.39 is 11.9 Å². The van der Waals surface area contributed by atoms with Gasteiger partial charge in [-0.15, -0.1) is 0 Å². The van der Waals surface area contributed by atoms with E-state index >= 15 is 0 Å². The predicted molar refractivity (Wildman–Crippen MR) is 107 cm³/mol. The number of hydrogen-bond acceptors (Lipinski definition) is 3. The molecule has 0 spiro atoms. The van der Waals surface area contributed by atoms with E-state index in [-0.39, 0.29) is 12.8 Å². The smallest absolute Gasteiger partial charge is 0.313 e. The largest absolute Gasteiger partial charge is 0.393 e. The molecule has 0 fully saturated rings. The first-order valence-electron chi connectivity index (χ1n) is 9.46. The molecule has 0 N–H and O–H groups in total. The second-order valence-electron chi connectivity index (χ2n) is 6.68. The molecule has 3 rings (SSSR count). The van der Waals surface area contributed by atoms with Gasteiger partial charge in [-0.3, -0.25) is 9.59 Å². The molecule has 3 aromatic carbocycles. The maximum absolute atomic E-state index is 11.9. The van der Waals surface area contributed by atoms with E-state index in [0.717, 1.165) is 12.8 Å². The quantitative estimate of drug-likeness (QED) is 0.407. The lowest BCUT2D eigenvalue weighted by atomic mass is 10.0. The molecule has 0 bridgehead atoms. The summed E-state index contributed by atoms with van der Waals surface area (Å²) in [5.41, 5.74) is 2.40. The molecule has 0 saturated heterocycles. The van der Waals surface area contributed by atoms with E-state index in [1.807, 2.05) is 48.5 Å². The summed E-state index contributed by atoms with van der Waals surface area (Å²) in [7, 11) is 0. The van der Waals surface area contributed by atoms with E-state index in [1.165, 1.54) is 21.9 Å². The van der Waals surface area contributed by atoms with E-state index in [1.54, 1.807) is 0 Å². The van der Waals surface area contributed by atoms with Crippen molar-refractivity contribution >= 4 is 22.7 Å². The molecular weight excluding hydrogens is 336 g/mol. The van der Waals surface area contributed by atoms with Crippen LogP contribution in [0.2, 0.25) is 0 Å². The standard InChI is InChI=1S/C24H24O3/c25-23(17-6-11-19-9-2-1-3-10-19)27-24(26)18-8-15-21-14-7-13-20-12-4-5-16-22(20)21/h1-5,7,9-10,12-14,16H,6,8,11,15,17-18H2. The van der Waals surface area contributed by atoms with Gasteiger partial charge in [0, 0.05) is 12.8 Å². The number of esters is 2. The molecule has 0 aromatic heterocycles. The van der Waals surface area contributed by atoms with Crippen molar-refractivity contribution in [3.63, 3.8) is 0 Å². The van der Waals surface area contributed by atoms with Crippen molar-refractivity contribution in [2.75, 3.05) is 0 Å². The maximum Gasteiger partial charge on any atom is 0.313 e. The Balaban J connectivity index is 1.38. The van der Waals surface area contributed by atoms with Crippen LogP contribution in [0.25, 0.3) is 10.8 Å². The van der Waals surface area contributed by atoms with Crippen molar-refractivity contribution in [3.8, 4) is 0 Å². The molecule has 3 aromatic rings. The van der Waals surface area contributed by atoms with Crippen LogP contribution in [0.3, 0.4) is 0 Å². The number of hydrogen-bond donors (Lipinski definition) is 0. The monoisotopic (exact) mass is 360 g/mol. The van der Waals surface area contributed by atoms with Crippen LogP contribution in [0.1, 0.15) is 36.8 Å². The molecule has 0 aliphatic rings. The molecule has 3 nitrogen and oxygen atoms in total. The first-order chi connectivity index (χ1) is 13.2. The van der Waals surface area contributed by atoms with Gasteiger partial charge in [0.15, 0.2) is 0 Å². The molecule has 0 radical (unpaired) electrons. The molecule has 0 saturated carbocycles. The number of rotatable bonds is 8. The summed E-state index contributed by atoms with van der Waals surface area (Å²) in [5.74, 6) is -0.860. The second kappa shape index (κ2) is 9.67. The Morgan fingerprint density at radius 2 is 1.30 bits per heavy atom. The number of carbonyl (C=O) groups excluding carboxylic acids is 2. The van der Waals surface area contributed by atoms with Gasteiger partial charge in [0.05, 0.1) is 0 Å². The molecule has 0 aliphatic heterocycles. The number of benzene rings is 3. The fourth-order valence-electron chi connectivity index (χ4n) is 3.24. The molecule has 0 atom stereocenters. The van der Waals surface area contributed by atoms with Crippen molar-refractivity contribution in [2.24, 2.45) is 0 Å². The lowest BCUT2D eigenvalue weighted by molar-refractivity contribution is -0.159. The number of fused-ring (bicyclic) bond motifs is 1. The van der Waals surface area contributed by atoms with Crippen LogP contribution in [-0.4, -0.2) is 11.9 Å². The lowest BCUT2D eigenvalue weighted by Gasteiger charge is -2.07. The Kier molecular flexibility index (Phi) is 6.75. The first kappa shape index (κ1) is 18.8. The van der Waals surface area contributed by atoms with Gasteiger partial charge in [-0.1, -0.05) is 72.8 Å². The van der Waals surface area contributed by atoms with Crippen molar-refractivity contribution < 1.29 is 14.3 Å². The number of aryl methyl sites for hydroxylation is 2. The van der Waals surface area contributed by atoms with Crippen LogP contribution >= 0.6 is 0 Å². The van der Waals surface area contributed by atoms with Gasteiger partial charge in [-0.2, -0.15) is 0 Å². The topological polar surface area (TPSA) is 43.4 Å². The van der Waals surface area contributed by atoms with Crippen molar-refractivity contribution in [2.45, 2.75) is 38.5 Å². The summed E-state index contributed by atoms with van der Waals surface area (Å²) < 4.78 is 4.94. The molecular formula is C24H24O3. The SMILES string of the molecule is O=C(CCCc1ccccc1)OC(=O)CCCc1cccc2ccccc12. The highest BCUT2D eigenvalue weighted by molar-refractivity contribution is 5.86. The van der Waals surface area contributed by atoms with E-state index in [9.17, 15) is 9.59 Å². The zero-order chi connectivity index (χ0) is 18.9. The second-order valence-corrected chi connectivity index (χ2v) is 6.68. The van der Waals surface area contributed by atoms with Gasteiger partial charge in [0.2, 0.25) is 0 Å². The Labute approximate surface area is 160 Å². The zero-order valence-corrected chi connectivity index (χ0v) is 15.4. The van der Waals surface area contributed by atoms with Gasteiger partial charge in [0.25, 0.3) is 0 Å². The Morgan fingerprint density at radius 1 is 0.667 bits per heavy atom. The third kappa shape index (κ3) is 5.78. The highest BCUT2D eigenvalue weighted by Gasteiger charge is 2.11. The Bertz CT molecular complexity index is 894. The number of ether oxygens (including phenoxy) is 1. The van der Waals surface area contributed by atoms with Gasteiger partial charge in [0.1, 0.15) is 0 Å². The van der Waals surface area contributed by atoms with E-state index in [2.05, 4.69) is 24.3 Å². The Morgan fingerprint density at radius 3 is 2.07 bits per heavy atom. The average molecular weight is 360 g/mol. The molecule has 0 unspecified atom stereocenters. The molecule has 0 heterocycles. The zero-order valence-electron chi connectivity index (χ0n) is 15.4. The Hall–Kier alpha value is -2.94. The van der Waals surface area contributed by atoms with Crippen LogP contribution in [0, 0.1) is 0 Å². The van der Waals surface area contributed by atoms with Crippen molar-refractivity contribution in [1.82, 2.24) is 0 Å². The van der Waals surface area contributed by atoms with Crippen LogP contribution in [0.15, 0.2) is 72.8 Å². The van der Waals surface area contributed by atoms with Crippen LogP contribution < -0.4 is 0 Å². The molecule has 3 heteroatoms. The van der Waals surface area contributed by atoms with Crippen molar-refractivity contribution in [1.29, 1.82) is 0 Å². The fraction of sp³-hybridized carbons (Fsp3) is 0.250. The van der Waals surface area contributed by atoms with E-state index in [0.29, 0.717) is 12.8 Å².